The van der Waals surface area contributed by atoms with Crippen molar-refractivity contribution in [2.45, 2.75) is 19.6 Å². The van der Waals surface area contributed by atoms with Gasteiger partial charge in [-0.15, -0.1) is 0 Å². The third-order valence-corrected chi connectivity index (χ3v) is 4.81. The molecule has 1 N–H and O–H groups in total. The fourth-order valence-electron chi connectivity index (χ4n) is 2.53. The molecule has 5 nitrogen and oxygen atoms in total. The predicted octanol–water partition coefficient (Wildman–Crippen LogP) is 3.86. The van der Waals surface area contributed by atoms with Crippen LogP contribution in [0, 0.1) is 6.92 Å². The molecule has 3 aromatic rings. The molecule has 1 heterocycles. The number of amides is 1. The van der Waals surface area contributed by atoms with Gasteiger partial charge in [-0.3, -0.25) is 9.59 Å². The molecule has 9 heteroatoms. The van der Waals surface area contributed by atoms with Crippen molar-refractivity contribution >= 4 is 33.4 Å². The number of aryl methyl sites for hydroxylation is 1. The van der Waals surface area contributed by atoms with Crippen LogP contribution in [0.1, 0.15) is 21.5 Å². The Morgan fingerprint density at radius 1 is 1.19 bits per heavy atom. The lowest BCUT2D eigenvalue weighted by molar-refractivity contribution is -0.138. The fraction of sp³-hybridized carbons (Fsp3) is 0.167. The molecule has 3 rings (SSSR count). The maximum absolute atomic E-state index is 12.8. The first-order chi connectivity index (χ1) is 12.6. The van der Waals surface area contributed by atoms with Gasteiger partial charge in [-0.1, -0.05) is 23.5 Å². The molecule has 27 heavy (non-hydrogen) atoms. The van der Waals surface area contributed by atoms with Gasteiger partial charge in [0.1, 0.15) is 6.54 Å². The Bertz CT molecular complexity index is 1110. The number of fused-ring (bicyclic) bond motifs is 1. The van der Waals surface area contributed by atoms with Crippen molar-refractivity contribution in [1.82, 2.24) is 4.57 Å². The number of carbonyl (C=O) groups is 2. The van der Waals surface area contributed by atoms with Crippen molar-refractivity contribution in [3.8, 4) is 0 Å². The minimum atomic E-state index is -4.57. The summed E-state index contributed by atoms with van der Waals surface area (Å²) < 4.78 is 40.6. The summed E-state index contributed by atoms with van der Waals surface area (Å²) in [5.74, 6) is -1.99. The lowest BCUT2D eigenvalue weighted by Gasteiger charge is -2.06. The molecule has 0 aliphatic rings. The molecule has 140 valence electrons. The van der Waals surface area contributed by atoms with Gasteiger partial charge in [0.05, 0.1) is 15.8 Å². The van der Waals surface area contributed by atoms with E-state index in [0.717, 1.165) is 39.8 Å². The van der Waals surface area contributed by atoms with Gasteiger partial charge < -0.3 is 9.67 Å². The van der Waals surface area contributed by atoms with E-state index in [0.29, 0.717) is 5.52 Å². The van der Waals surface area contributed by atoms with Crippen molar-refractivity contribution < 1.29 is 27.9 Å². The highest BCUT2D eigenvalue weighted by atomic mass is 32.1. The maximum atomic E-state index is 12.8. The van der Waals surface area contributed by atoms with Gasteiger partial charge >= 0.3 is 12.1 Å². The number of rotatable bonds is 3. The third-order valence-electron chi connectivity index (χ3n) is 3.77. The van der Waals surface area contributed by atoms with Gasteiger partial charge in [0, 0.05) is 5.56 Å². The molecule has 0 aliphatic heterocycles. The summed E-state index contributed by atoms with van der Waals surface area (Å²) in [7, 11) is 0. The Hall–Kier alpha value is -2.94. The largest absolute Gasteiger partial charge is 0.480 e. The Morgan fingerprint density at radius 2 is 1.93 bits per heavy atom. The van der Waals surface area contributed by atoms with E-state index in [1.54, 1.807) is 12.1 Å². The monoisotopic (exact) mass is 394 g/mol. The van der Waals surface area contributed by atoms with Crippen LogP contribution >= 0.6 is 11.3 Å². The van der Waals surface area contributed by atoms with Crippen LogP contribution in [-0.2, 0) is 17.5 Å². The lowest BCUT2D eigenvalue weighted by Crippen LogP contribution is -2.21. The summed E-state index contributed by atoms with van der Waals surface area (Å²) in [4.78, 5) is 27.6. The molecular weight excluding hydrogens is 381 g/mol. The van der Waals surface area contributed by atoms with Crippen LogP contribution in [0.5, 0.6) is 0 Å². The summed E-state index contributed by atoms with van der Waals surface area (Å²) in [5, 5.41) is 9.13. The second-order valence-corrected chi connectivity index (χ2v) is 6.84. The molecule has 0 spiro atoms. The van der Waals surface area contributed by atoms with Gasteiger partial charge in [0.25, 0.3) is 5.91 Å². The van der Waals surface area contributed by atoms with Crippen LogP contribution in [0.2, 0.25) is 0 Å². The average molecular weight is 394 g/mol. The second-order valence-electron chi connectivity index (χ2n) is 5.83. The van der Waals surface area contributed by atoms with Gasteiger partial charge in [-0.25, -0.2) is 0 Å². The SMILES string of the molecule is Cc1ccc2c(c1)sc(=NC(=O)c1cccc(C(F)(F)F)c1)n2CC(=O)O. The van der Waals surface area contributed by atoms with E-state index in [2.05, 4.69) is 4.99 Å². The molecular formula is C18H13F3N2O3S. The first-order valence-electron chi connectivity index (χ1n) is 7.73. The molecule has 0 fully saturated rings. The highest BCUT2D eigenvalue weighted by Gasteiger charge is 2.30. The molecule has 0 saturated heterocycles. The number of hydrogen-bond acceptors (Lipinski definition) is 3. The van der Waals surface area contributed by atoms with E-state index in [1.807, 2.05) is 13.0 Å². The Balaban J connectivity index is 2.12. The highest BCUT2D eigenvalue weighted by molar-refractivity contribution is 7.16. The molecule has 0 bridgehead atoms. The molecule has 2 aromatic carbocycles. The number of carbonyl (C=O) groups excluding carboxylic acids is 1. The first-order valence-corrected chi connectivity index (χ1v) is 8.55. The molecule has 0 radical (unpaired) electrons. The molecule has 1 aromatic heterocycles. The molecule has 0 aliphatic carbocycles. The van der Waals surface area contributed by atoms with E-state index >= 15 is 0 Å². The number of aromatic nitrogens is 1. The Kier molecular flexibility index (Phi) is 4.88. The van der Waals surface area contributed by atoms with Crippen molar-refractivity contribution in [2.75, 3.05) is 0 Å². The topological polar surface area (TPSA) is 71.7 Å². The first kappa shape index (κ1) is 18.8. The summed E-state index contributed by atoms with van der Waals surface area (Å²) in [6, 6.07) is 9.30. The van der Waals surface area contributed by atoms with Crippen LogP contribution in [0.4, 0.5) is 13.2 Å². The maximum Gasteiger partial charge on any atom is 0.416 e. The van der Waals surface area contributed by atoms with Crippen molar-refractivity contribution in [3.05, 3.63) is 64.0 Å². The van der Waals surface area contributed by atoms with Crippen LogP contribution in [0.15, 0.2) is 47.5 Å². The van der Waals surface area contributed by atoms with E-state index in [4.69, 9.17) is 5.11 Å². The summed E-state index contributed by atoms with van der Waals surface area (Å²) in [6.07, 6.45) is -4.57. The highest BCUT2D eigenvalue weighted by Crippen LogP contribution is 2.29. The van der Waals surface area contributed by atoms with E-state index in [-0.39, 0.29) is 10.4 Å². The zero-order chi connectivity index (χ0) is 19.8. The zero-order valence-electron chi connectivity index (χ0n) is 13.9. The number of carboxylic acid groups (broad SMARTS) is 1. The van der Waals surface area contributed by atoms with Crippen molar-refractivity contribution in [3.63, 3.8) is 0 Å². The van der Waals surface area contributed by atoms with E-state index in [9.17, 15) is 22.8 Å². The van der Waals surface area contributed by atoms with Crippen molar-refractivity contribution in [2.24, 2.45) is 4.99 Å². The number of halogens is 3. The molecule has 1 amide bonds. The third kappa shape index (κ3) is 4.08. The van der Waals surface area contributed by atoms with Gasteiger partial charge in [-0.05, 0) is 42.8 Å². The predicted molar refractivity (Wildman–Crippen MR) is 93.5 cm³/mol. The summed E-state index contributed by atoms with van der Waals surface area (Å²) in [6.45, 7) is 1.45. The molecule has 0 unspecified atom stereocenters. The van der Waals surface area contributed by atoms with Crippen LogP contribution in [0.25, 0.3) is 10.2 Å². The second kappa shape index (κ2) is 6.99. The Labute approximate surface area is 155 Å². The lowest BCUT2D eigenvalue weighted by atomic mass is 10.1. The number of benzene rings is 2. The number of carboxylic acids is 1. The van der Waals surface area contributed by atoms with Crippen LogP contribution < -0.4 is 4.80 Å². The molecule has 0 saturated carbocycles. The number of thiazole rings is 1. The summed E-state index contributed by atoms with van der Waals surface area (Å²) in [5.41, 5.74) is 0.361. The van der Waals surface area contributed by atoms with Crippen molar-refractivity contribution in [1.29, 1.82) is 0 Å². The quantitative estimate of drug-likeness (QED) is 0.733. The van der Waals surface area contributed by atoms with Gasteiger partial charge in [0.15, 0.2) is 4.80 Å². The number of aliphatic carboxylic acids is 1. The standard InChI is InChI=1S/C18H13F3N2O3S/c1-10-5-6-13-14(7-10)27-17(23(13)9-15(24)25)22-16(26)11-3-2-4-12(8-11)18(19,20)21/h2-8H,9H2,1H3,(H,24,25). The van der Waals surface area contributed by atoms with Crippen LogP contribution in [0.3, 0.4) is 0 Å². The number of nitrogens with zero attached hydrogens (tertiary/aromatic N) is 2. The minimum Gasteiger partial charge on any atom is -0.480 e. The average Bonchev–Trinajstić information content (AvgIpc) is 2.90. The smallest absolute Gasteiger partial charge is 0.416 e. The van der Waals surface area contributed by atoms with E-state index < -0.39 is 30.2 Å². The van der Waals surface area contributed by atoms with E-state index in [1.165, 1.54) is 10.6 Å². The van der Waals surface area contributed by atoms with Gasteiger partial charge in [0.2, 0.25) is 0 Å². The fourth-order valence-corrected chi connectivity index (χ4v) is 3.66. The number of alkyl halides is 3. The minimum absolute atomic E-state index is 0.111. The summed E-state index contributed by atoms with van der Waals surface area (Å²) >= 11 is 1.10. The molecule has 0 atom stereocenters. The van der Waals surface area contributed by atoms with Crippen LogP contribution in [-0.4, -0.2) is 21.6 Å². The normalized spacial score (nSPS) is 12.5. The number of hydrogen-bond donors (Lipinski definition) is 1. The van der Waals surface area contributed by atoms with Gasteiger partial charge in [-0.2, -0.15) is 18.2 Å². The zero-order valence-corrected chi connectivity index (χ0v) is 14.8. The Morgan fingerprint density at radius 3 is 2.59 bits per heavy atom.